The maximum Gasteiger partial charge on any atom is 0.323 e. The molecule has 0 aromatic carbocycles. The molecule has 0 bridgehead atoms. The van der Waals surface area contributed by atoms with Crippen LogP contribution in [0.2, 0.25) is 0 Å². The zero-order valence-corrected chi connectivity index (χ0v) is 10.7. The third kappa shape index (κ3) is 2.99. The summed E-state index contributed by atoms with van der Waals surface area (Å²) in [6.45, 7) is 3.17. The van der Waals surface area contributed by atoms with E-state index < -0.39 is 11.5 Å². The minimum absolute atomic E-state index is 0.608. The van der Waals surface area contributed by atoms with Crippen LogP contribution in [0.5, 0.6) is 0 Å². The maximum absolute atomic E-state index is 11.4. The fraction of sp³-hybridized carbons (Fsp3) is 0.923. The van der Waals surface area contributed by atoms with Crippen molar-refractivity contribution in [3.8, 4) is 0 Å². The van der Waals surface area contributed by atoms with E-state index in [4.69, 9.17) is 0 Å². The van der Waals surface area contributed by atoms with E-state index in [-0.39, 0.29) is 0 Å². The number of aliphatic carboxylic acids is 1. The van der Waals surface area contributed by atoms with Gasteiger partial charge in [-0.1, -0.05) is 12.8 Å². The minimum atomic E-state index is -0.650. The van der Waals surface area contributed by atoms with Crippen molar-refractivity contribution in [1.82, 2.24) is 10.2 Å². The van der Waals surface area contributed by atoms with Gasteiger partial charge in [0.25, 0.3) is 0 Å². The Kier molecular flexibility index (Phi) is 4.05. The molecule has 1 aliphatic heterocycles. The number of likely N-dealkylation sites (tertiary alicyclic amines) is 1. The number of carboxylic acids is 1. The standard InChI is InChI=1S/C13H24N2O2/c1-15-8-4-11(5-9-15)10-14-13(12(16)17)6-2-3-7-13/h11,14H,2-10H2,1H3,(H,16,17). The lowest BCUT2D eigenvalue weighted by molar-refractivity contribution is -0.144. The molecule has 0 aromatic rings. The summed E-state index contributed by atoms with van der Waals surface area (Å²) in [5, 5.41) is 12.7. The van der Waals surface area contributed by atoms with E-state index in [1.165, 1.54) is 12.8 Å². The molecule has 0 unspecified atom stereocenters. The Labute approximate surface area is 103 Å². The number of carbonyl (C=O) groups is 1. The summed E-state index contributed by atoms with van der Waals surface area (Å²) >= 11 is 0. The van der Waals surface area contributed by atoms with Gasteiger partial charge in [0.1, 0.15) is 5.54 Å². The molecular formula is C13H24N2O2. The molecule has 1 saturated carbocycles. The SMILES string of the molecule is CN1CCC(CNC2(C(=O)O)CCCC2)CC1. The zero-order valence-electron chi connectivity index (χ0n) is 10.7. The van der Waals surface area contributed by atoms with Crippen LogP contribution in [0.15, 0.2) is 0 Å². The number of rotatable bonds is 4. The van der Waals surface area contributed by atoms with Crippen molar-refractivity contribution in [3.05, 3.63) is 0 Å². The molecule has 17 heavy (non-hydrogen) atoms. The lowest BCUT2D eigenvalue weighted by Crippen LogP contribution is -2.52. The summed E-state index contributed by atoms with van der Waals surface area (Å²) in [6.07, 6.45) is 6.09. The highest BCUT2D eigenvalue weighted by molar-refractivity contribution is 5.79. The Morgan fingerprint density at radius 2 is 1.94 bits per heavy atom. The second kappa shape index (κ2) is 5.36. The van der Waals surface area contributed by atoms with Gasteiger partial charge >= 0.3 is 5.97 Å². The molecule has 1 aliphatic carbocycles. The fourth-order valence-corrected chi connectivity index (χ4v) is 3.05. The first-order chi connectivity index (χ1) is 8.12. The molecule has 4 heteroatoms. The van der Waals surface area contributed by atoms with Gasteiger partial charge in [-0.15, -0.1) is 0 Å². The summed E-state index contributed by atoms with van der Waals surface area (Å²) in [5.74, 6) is 0.00551. The van der Waals surface area contributed by atoms with Crippen LogP contribution >= 0.6 is 0 Å². The molecule has 4 nitrogen and oxygen atoms in total. The highest BCUT2D eigenvalue weighted by Crippen LogP contribution is 2.30. The van der Waals surface area contributed by atoms with Gasteiger partial charge in [-0.2, -0.15) is 0 Å². The third-order valence-corrected chi connectivity index (χ3v) is 4.43. The van der Waals surface area contributed by atoms with Gasteiger partial charge in [-0.3, -0.25) is 4.79 Å². The van der Waals surface area contributed by atoms with Gasteiger partial charge in [0, 0.05) is 0 Å². The quantitative estimate of drug-likeness (QED) is 0.778. The van der Waals surface area contributed by atoms with E-state index in [2.05, 4.69) is 17.3 Å². The Hall–Kier alpha value is -0.610. The summed E-state index contributed by atoms with van der Waals surface area (Å²) < 4.78 is 0. The predicted octanol–water partition coefficient (Wildman–Crippen LogP) is 1.32. The molecule has 0 spiro atoms. The average molecular weight is 240 g/mol. The zero-order chi connectivity index (χ0) is 12.3. The molecule has 1 saturated heterocycles. The summed E-state index contributed by atoms with van der Waals surface area (Å²) in [5.41, 5.74) is -0.608. The van der Waals surface area contributed by atoms with Crippen molar-refractivity contribution < 1.29 is 9.90 Å². The Morgan fingerprint density at radius 3 is 2.47 bits per heavy atom. The monoisotopic (exact) mass is 240 g/mol. The number of nitrogens with zero attached hydrogens (tertiary/aromatic N) is 1. The van der Waals surface area contributed by atoms with Crippen molar-refractivity contribution in [1.29, 1.82) is 0 Å². The summed E-state index contributed by atoms with van der Waals surface area (Å²) in [6, 6.07) is 0. The van der Waals surface area contributed by atoms with Crippen LogP contribution in [-0.4, -0.2) is 48.2 Å². The van der Waals surface area contributed by atoms with E-state index >= 15 is 0 Å². The third-order valence-electron chi connectivity index (χ3n) is 4.43. The molecule has 98 valence electrons. The molecule has 2 aliphatic rings. The van der Waals surface area contributed by atoms with Crippen LogP contribution in [0, 0.1) is 5.92 Å². The van der Waals surface area contributed by atoms with Crippen molar-refractivity contribution in [3.63, 3.8) is 0 Å². The Morgan fingerprint density at radius 1 is 1.35 bits per heavy atom. The van der Waals surface area contributed by atoms with Crippen molar-refractivity contribution in [2.24, 2.45) is 5.92 Å². The van der Waals surface area contributed by atoms with E-state index in [1.807, 2.05) is 0 Å². The highest BCUT2D eigenvalue weighted by atomic mass is 16.4. The van der Waals surface area contributed by atoms with Crippen LogP contribution in [0.4, 0.5) is 0 Å². The summed E-state index contributed by atoms with van der Waals surface area (Å²) in [7, 11) is 2.15. The van der Waals surface area contributed by atoms with Gasteiger partial charge in [0.2, 0.25) is 0 Å². The number of piperidine rings is 1. The van der Waals surface area contributed by atoms with Gasteiger partial charge in [-0.25, -0.2) is 0 Å². The molecule has 2 rings (SSSR count). The first-order valence-electron chi connectivity index (χ1n) is 6.79. The van der Waals surface area contributed by atoms with Crippen molar-refractivity contribution in [2.45, 2.75) is 44.1 Å². The van der Waals surface area contributed by atoms with E-state index in [1.54, 1.807) is 0 Å². The first kappa shape index (κ1) is 12.8. The maximum atomic E-state index is 11.4. The van der Waals surface area contributed by atoms with Gasteiger partial charge in [-0.05, 0) is 58.3 Å². The summed E-state index contributed by atoms with van der Waals surface area (Å²) in [4.78, 5) is 13.7. The minimum Gasteiger partial charge on any atom is -0.480 e. The number of carboxylic acid groups (broad SMARTS) is 1. The number of hydrogen-bond acceptors (Lipinski definition) is 3. The normalized spacial score (nSPS) is 26.2. The molecule has 0 aromatic heterocycles. The first-order valence-corrected chi connectivity index (χ1v) is 6.79. The van der Waals surface area contributed by atoms with Gasteiger partial charge in [0.05, 0.1) is 0 Å². The molecule has 0 amide bonds. The lowest BCUT2D eigenvalue weighted by Gasteiger charge is -2.32. The predicted molar refractivity (Wildman–Crippen MR) is 67.1 cm³/mol. The Bertz CT molecular complexity index is 267. The number of hydrogen-bond donors (Lipinski definition) is 2. The Balaban J connectivity index is 1.82. The van der Waals surface area contributed by atoms with Crippen molar-refractivity contribution in [2.75, 3.05) is 26.7 Å². The van der Waals surface area contributed by atoms with E-state index in [9.17, 15) is 9.90 Å². The van der Waals surface area contributed by atoms with Crippen LogP contribution in [0.25, 0.3) is 0 Å². The molecule has 2 fully saturated rings. The second-order valence-corrected chi connectivity index (χ2v) is 5.72. The topological polar surface area (TPSA) is 52.6 Å². The smallest absolute Gasteiger partial charge is 0.323 e. The van der Waals surface area contributed by atoms with Crippen molar-refractivity contribution >= 4 is 5.97 Å². The molecule has 0 radical (unpaired) electrons. The molecular weight excluding hydrogens is 216 g/mol. The molecule has 2 N–H and O–H groups in total. The van der Waals surface area contributed by atoms with Crippen LogP contribution in [0.1, 0.15) is 38.5 Å². The van der Waals surface area contributed by atoms with Crippen LogP contribution in [0.3, 0.4) is 0 Å². The lowest BCUT2D eigenvalue weighted by atomic mass is 9.93. The largest absolute Gasteiger partial charge is 0.480 e. The average Bonchev–Trinajstić information content (AvgIpc) is 2.78. The van der Waals surface area contributed by atoms with Gasteiger partial charge < -0.3 is 15.3 Å². The van der Waals surface area contributed by atoms with E-state index in [0.717, 1.165) is 45.3 Å². The van der Waals surface area contributed by atoms with Crippen LogP contribution in [-0.2, 0) is 4.79 Å². The number of nitrogens with one attached hydrogen (secondary N) is 1. The molecule has 1 heterocycles. The van der Waals surface area contributed by atoms with E-state index in [0.29, 0.717) is 5.92 Å². The van der Waals surface area contributed by atoms with Crippen LogP contribution < -0.4 is 5.32 Å². The molecule has 0 atom stereocenters. The fourth-order valence-electron chi connectivity index (χ4n) is 3.05. The van der Waals surface area contributed by atoms with Gasteiger partial charge in [0.15, 0.2) is 0 Å². The second-order valence-electron chi connectivity index (χ2n) is 5.72. The highest BCUT2D eigenvalue weighted by Gasteiger charge is 2.41.